The highest BCUT2D eigenvalue weighted by atomic mass is 35.5. The number of sulfonamides is 1. The summed E-state index contributed by atoms with van der Waals surface area (Å²) in [6.45, 7) is 0.298. The molecule has 3 N–H and O–H groups in total. The number of hydrogen-bond acceptors (Lipinski definition) is 4. The Labute approximate surface area is 129 Å². The quantitative estimate of drug-likeness (QED) is 0.814. The highest BCUT2D eigenvalue weighted by Crippen LogP contribution is 2.30. The first-order valence-corrected chi connectivity index (χ1v) is 8.48. The number of carbonyl (C=O) groups excluding carboxylic acids is 1. The number of benzene rings is 1. The Kier molecular flexibility index (Phi) is 4.75. The number of piperidine rings is 1. The van der Waals surface area contributed by atoms with Gasteiger partial charge in [-0.3, -0.25) is 4.79 Å². The van der Waals surface area contributed by atoms with Crippen molar-refractivity contribution in [3.8, 4) is 0 Å². The van der Waals surface area contributed by atoms with Crippen LogP contribution in [-0.4, -0.2) is 38.3 Å². The Morgan fingerprint density at radius 3 is 2.81 bits per heavy atom. The molecule has 8 heteroatoms. The van der Waals surface area contributed by atoms with Gasteiger partial charge < -0.3 is 11.1 Å². The largest absolute Gasteiger partial charge is 0.398 e. The van der Waals surface area contributed by atoms with Crippen LogP contribution in [0.15, 0.2) is 23.1 Å². The maximum atomic E-state index is 12.8. The molecule has 6 nitrogen and oxygen atoms in total. The van der Waals surface area contributed by atoms with Gasteiger partial charge in [-0.05, 0) is 31.0 Å². The molecule has 1 fully saturated rings. The van der Waals surface area contributed by atoms with Crippen LogP contribution in [0.4, 0.5) is 5.69 Å². The minimum absolute atomic E-state index is 0.0502. The molecule has 0 saturated carbocycles. The van der Waals surface area contributed by atoms with Gasteiger partial charge in [-0.1, -0.05) is 18.0 Å². The number of nitrogen functional groups attached to an aromatic ring is 1. The first-order valence-electron chi connectivity index (χ1n) is 6.66. The van der Waals surface area contributed by atoms with E-state index in [1.807, 2.05) is 0 Å². The molecule has 1 unspecified atom stereocenters. The van der Waals surface area contributed by atoms with E-state index >= 15 is 0 Å². The number of anilines is 1. The number of halogens is 1. The molecule has 0 bridgehead atoms. The molecule has 2 rings (SSSR count). The van der Waals surface area contributed by atoms with E-state index in [1.165, 1.54) is 29.6 Å². The van der Waals surface area contributed by atoms with Crippen molar-refractivity contribution in [3.05, 3.63) is 23.2 Å². The first-order chi connectivity index (χ1) is 9.87. The number of nitrogens with zero attached hydrogens (tertiary/aromatic N) is 1. The summed E-state index contributed by atoms with van der Waals surface area (Å²) in [5, 5.41) is 2.80. The third-order valence-electron chi connectivity index (χ3n) is 3.56. The molecule has 21 heavy (non-hydrogen) atoms. The van der Waals surface area contributed by atoms with Crippen molar-refractivity contribution in [2.45, 2.75) is 30.2 Å². The lowest BCUT2D eigenvalue weighted by atomic mass is 10.0. The Morgan fingerprint density at radius 1 is 1.43 bits per heavy atom. The van der Waals surface area contributed by atoms with Gasteiger partial charge in [-0.15, -0.1) is 0 Å². The van der Waals surface area contributed by atoms with Crippen LogP contribution in [0.25, 0.3) is 0 Å². The summed E-state index contributed by atoms with van der Waals surface area (Å²) in [5.74, 6) is -0.307. The van der Waals surface area contributed by atoms with E-state index < -0.39 is 16.1 Å². The van der Waals surface area contributed by atoms with Crippen molar-refractivity contribution in [2.24, 2.45) is 0 Å². The summed E-state index contributed by atoms with van der Waals surface area (Å²) >= 11 is 5.87. The molecule has 1 saturated heterocycles. The van der Waals surface area contributed by atoms with Crippen molar-refractivity contribution in [3.63, 3.8) is 0 Å². The topological polar surface area (TPSA) is 92.5 Å². The summed E-state index contributed by atoms with van der Waals surface area (Å²) in [7, 11) is -2.36. The molecular formula is C13H18ClN3O3S. The summed E-state index contributed by atoms with van der Waals surface area (Å²) in [6, 6.07) is 3.60. The van der Waals surface area contributed by atoms with Crippen molar-refractivity contribution in [1.82, 2.24) is 9.62 Å². The summed E-state index contributed by atoms with van der Waals surface area (Å²) in [6.07, 6.45) is 2.03. The summed E-state index contributed by atoms with van der Waals surface area (Å²) in [4.78, 5) is 11.9. The van der Waals surface area contributed by atoms with E-state index in [2.05, 4.69) is 5.32 Å². The van der Waals surface area contributed by atoms with Gasteiger partial charge in [0, 0.05) is 18.6 Å². The molecule has 1 aliphatic heterocycles. The summed E-state index contributed by atoms with van der Waals surface area (Å²) < 4.78 is 26.8. The molecule has 1 atom stereocenters. The van der Waals surface area contributed by atoms with Gasteiger partial charge in [0.2, 0.25) is 15.9 Å². The minimum Gasteiger partial charge on any atom is -0.398 e. The predicted molar refractivity (Wildman–Crippen MR) is 81.5 cm³/mol. The second-order valence-electron chi connectivity index (χ2n) is 4.92. The highest BCUT2D eigenvalue weighted by Gasteiger charge is 2.38. The number of hydrogen-bond donors (Lipinski definition) is 2. The number of amides is 1. The molecule has 1 aromatic carbocycles. The Balaban J connectivity index is 2.45. The van der Waals surface area contributed by atoms with Gasteiger partial charge in [0.1, 0.15) is 10.9 Å². The number of nitrogens with two attached hydrogens (primary N) is 1. The van der Waals surface area contributed by atoms with E-state index in [0.717, 1.165) is 6.42 Å². The maximum absolute atomic E-state index is 12.8. The van der Waals surface area contributed by atoms with E-state index in [9.17, 15) is 13.2 Å². The van der Waals surface area contributed by atoms with Crippen molar-refractivity contribution < 1.29 is 13.2 Å². The molecule has 116 valence electrons. The molecule has 1 aliphatic rings. The van der Waals surface area contributed by atoms with Crippen LogP contribution >= 0.6 is 11.6 Å². The van der Waals surface area contributed by atoms with Crippen LogP contribution in [-0.2, 0) is 14.8 Å². The zero-order valence-corrected chi connectivity index (χ0v) is 13.2. The van der Waals surface area contributed by atoms with Crippen LogP contribution in [0.3, 0.4) is 0 Å². The zero-order valence-electron chi connectivity index (χ0n) is 11.7. The number of nitrogens with one attached hydrogen (secondary N) is 1. The first kappa shape index (κ1) is 16.1. The fourth-order valence-corrected chi connectivity index (χ4v) is 4.52. The normalized spacial score (nSPS) is 20.2. The third kappa shape index (κ3) is 3.14. The Morgan fingerprint density at radius 2 is 2.14 bits per heavy atom. The maximum Gasteiger partial charge on any atom is 0.245 e. The van der Waals surface area contributed by atoms with Crippen LogP contribution in [0.5, 0.6) is 0 Å². The standard InChI is InChI=1S/C13H18ClN3O3S/c1-16-13(18)11-4-2-3-7-17(11)21(19,20)12-8-9(14)5-6-10(12)15/h5-6,8,11H,2-4,7,15H2,1H3,(H,16,18). The van der Waals surface area contributed by atoms with Gasteiger partial charge in [0.15, 0.2) is 0 Å². The highest BCUT2D eigenvalue weighted by molar-refractivity contribution is 7.89. The SMILES string of the molecule is CNC(=O)C1CCCCN1S(=O)(=O)c1cc(Cl)ccc1N. The Hall–Kier alpha value is -1.31. The molecule has 0 aliphatic carbocycles. The van der Waals surface area contributed by atoms with E-state index in [0.29, 0.717) is 19.4 Å². The van der Waals surface area contributed by atoms with Gasteiger partial charge in [-0.25, -0.2) is 8.42 Å². The number of rotatable bonds is 3. The summed E-state index contributed by atoms with van der Waals surface area (Å²) in [5.41, 5.74) is 5.90. The van der Waals surface area contributed by atoms with Crippen LogP contribution in [0, 0.1) is 0 Å². The molecule has 0 spiro atoms. The molecule has 1 heterocycles. The lowest BCUT2D eigenvalue weighted by Gasteiger charge is -2.33. The van der Waals surface area contributed by atoms with Crippen LogP contribution in [0.1, 0.15) is 19.3 Å². The molecule has 1 amide bonds. The molecular weight excluding hydrogens is 314 g/mol. The number of carbonyl (C=O) groups is 1. The van der Waals surface area contributed by atoms with Crippen molar-refractivity contribution in [1.29, 1.82) is 0 Å². The van der Waals surface area contributed by atoms with Gasteiger partial charge in [0.25, 0.3) is 0 Å². The minimum atomic E-state index is -3.86. The third-order valence-corrected chi connectivity index (χ3v) is 5.76. The van der Waals surface area contributed by atoms with Gasteiger partial charge in [-0.2, -0.15) is 4.31 Å². The second kappa shape index (κ2) is 6.21. The second-order valence-corrected chi connectivity index (χ2v) is 7.22. The van der Waals surface area contributed by atoms with E-state index in [1.54, 1.807) is 0 Å². The smallest absolute Gasteiger partial charge is 0.245 e. The van der Waals surface area contributed by atoms with Crippen LogP contribution < -0.4 is 11.1 Å². The van der Waals surface area contributed by atoms with Crippen molar-refractivity contribution >= 4 is 33.2 Å². The van der Waals surface area contributed by atoms with Crippen LogP contribution in [0.2, 0.25) is 5.02 Å². The van der Waals surface area contributed by atoms with Gasteiger partial charge in [0.05, 0.1) is 5.69 Å². The fourth-order valence-electron chi connectivity index (χ4n) is 2.48. The molecule has 1 aromatic rings. The predicted octanol–water partition coefficient (Wildman–Crippen LogP) is 1.21. The average molecular weight is 332 g/mol. The van der Waals surface area contributed by atoms with E-state index in [-0.39, 0.29) is 21.5 Å². The monoisotopic (exact) mass is 331 g/mol. The molecule has 0 aromatic heterocycles. The van der Waals surface area contributed by atoms with Gasteiger partial charge >= 0.3 is 0 Å². The average Bonchev–Trinajstić information content (AvgIpc) is 2.48. The van der Waals surface area contributed by atoms with Crippen molar-refractivity contribution in [2.75, 3.05) is 19.3 Å². The Bertz CT molecular complexity index is 648. The number of likely N-dealkylation sites (N-methyl/N-ethyl adjacent to an activating group) is 1. The zero-order chi connectivity index (χ0) is 15.6. The lowest BCUT2D eigenvalue weighted by molar-refractivity contribution is -0.125. The molecule has 0 radical (unpaired) electrons. The fraction of sp³-hybridized carbons (Fsp3) is 0.462. The lowest BCUT2D eigenvalue weighted by Crippen LogP contribution is -2.51. The van der Waals surface area contributed by atoms with E-state index in [4.69, 9.17) is 17.3 Å².